The van der Waals surface area contributed by atoms with Crippen molar-refractivity contribution in [3.05, 3.63) is 70.8 Å². The summed E-state index contributed by atoms with van der Waals surface area (Å²) in [4.78, 5) is 40.0. The molecule has 2 aromatic carbocycles. The van der Waals surface area contributed by atoms with E-state index in [1.807, 2.05) is 30.3 Å². The number of hydrogen-bond donors (Lipinski definition) is 1. The van der Waals surface area contributed by atoms with Crippen LogP contribution in [-0.4, -0.2) is 48.2 Å². The fourth-order valence-electron chi connectivity index (χ4n) is 3.72. The fourth-order valence-corrected chi connectivity index (χ4v) is 3.72. The predicted molar refractivity (Wildman–Crippen MR) is 111 cm³/mol. The van der Waals surface area contributed by atoms with Gasteiger partial charge in [-0.3, -0.25) is 14.4 Å². The number of nitrogens with zero attached hydrogens (tertiary/aromatic N) is 2. The van der Waals surface area contributed by atoms with Gasteiger partial charge in [0.05, 0.1) is 12.5 Å². The lowest BCUT2D eigenvalue weighted by Gasteiger charge is -2.36. The Hall–Kier alpha value is -3.15. The molecule has 6 nitrogen and oxygen atoms in total. The average molecular weight is 393 g/mol. The molecule has 1 aliphatic rings. The van der Waals surface area contributed by atoms with E-state index in [0.29, 0.717) is 18.7 Å². The van der Waals surface area contributed by atoms with E-state index in [2.05, 4.69) is 11.4 Å². The van der Waals surface area contributed by atoms with Crippen molar-refractivity contribution in [1.82, 2.24) is 15.1 Å². The number of hydrogen-bond acceptors (Lipinski definition) is 3. The number of benzene rings is 2. The Morgan fingerprint density at radius 1 is 1.07 bits per heavy atom. The minimum Gasteiger partial charge on any atom is -0.352 e. The molecular weight excluding hydrogens is 366 g/mol. The van der Waals surface area contributed by atoms with Crippen LogP contribution in [0.5, 0.6) is 0 Å². The third-order valence-electron chi connectivity index (χ3n) is 5.29. The van der Waals surface area contributed by atoms with Gasteiger partial charge >= 0.3 is 0 Å². The average Bonchev–Trinajstić information content (AvgIpc) is 2.72. The smallest absolute Gasteiger partial charge is 0.253 e. The van der Waals surface area contributed by atoms with Gasteiger partial charge in [0.1, 0.15) is 0 Å². The molecule has 0 bridgehead atoms. The molecule has 0 spiro atoms. The van der Waals surface area contributed by atoms with Crippen molar-refractivity contribution in [2.75, 3.05) is 20.6 Å². The Morgan fingerprint density at radius 2 is 1.76 bits per heavy atom. The van der Waals surface area contributed by atoms with Crippen LogP contribution in [0.25, 0.3) is 0 Å². The minimum atomic E-state index is -0.238. The van der Waals surface area contributed by atoms with Gasteiger partial charge in [-0.15, -0.1) is 0 Å². The first-order valence-corrected chi connectivity index (χ1v) is 9.79. The Balaban J connectivity index is 1.64. The zero-order valence-corrected chi connectivity index (χ0v) is 17.1. The molecule has 0 radical (unpaired) electrons. The summed E-state index contributed by atoms with van der Waals surface area (Å²) in [7, 11) is 3.43. The lowest BCUT2D eigenvalue weighted by atomic mass is 9.90. The molecule has 0 saturated carbocycles. The summed E-state index contributed by atoms with van der Waals surface area (Å²) < 4.78 is 0. The third-order valence-corrected chi connectivity index (χ3v) is 5.29. The molecule has 152 valence electrons. The molecule has 0 fully saturated rings. The number of fused-ring (bicyclic) bond motifs is 1. The van der Waals surface area contributed by atoms with E-state index in [0.717, 1.165) is 17.5 Å². The maximum Gasteiger partial charge on any atom is 0.253 e. The molecule has 1 atom stereocenters. The summed E-state index contributed by atoms with van der Waals surface area (Å²) in [6.07, 6.45) is 1.04. The van der Waals surface area contributed by atoms with Gasteiger partial charge in [-0.25, -0.2) is 0 Å². The summed E-state index contributed by atoms with van der Waals surface area (Å²) in [5.74, 6) is -0.175. The van der Waals surface area contributed by atoms with Gasteiger partial charge < -0.3 is 15.1 Å². The highest BCUT2D eigenvalue weighted by atomic mass is 16.2. The Labute approximate surface area is 171 Å². The Morgan fingerprint density at radius 3 is 2.41 bits per heavy atom. The molecule has 29 heavy (non-hydrogen) atoms. The molecule has 2 aromatic rings. The third kappa shape index (κ3) is 4.83. The van der Waals surface area contributed by atoms with E-state index in [1.54, 1.807) is 38.1 Å². The van der Waals surface area contributed by atoms with Gasteiger partial charge in [-0.1, -0.05) is 36.4 Å². The van der Waals surface area contributed by atoms with Crippen molar-refractivity contribution >= 4 is 17.7 Å². The zero-order chi connectivity index (χ0) is 21.0. The van der Waals surface area contributed by atoms with Gasteiger partial charge in [0.2, 0.25) is 11.8 Å². The number of rotatable bonds is 5. The largest absolute Gasteiger partial charge is 0.352 e. The Bertz CT molecular complexity index is 906. The molecule has 1 aliphatic heterocycles. The molecule has 6 heteroatoms. The summed E-state index contributed by atoms with van der Waals surface area (Å²) in [5, 5.41) is 2.94. The molecule has 0 aromatic heterocycles. The van der Waals surface area contributed by atoms with E-state index >= 15 is 0 Å². The lowest BCUT2D eigenvalue weighted by molar-refractivity contribution is -0.133. The summed E-state index contributed by atoms with van der Waals surface area (Å²) in [6.45, 7) is 2.56. The van der Waals surface area contributed by atoms with Gasteiger partial charge in [0, 0.05) is 39.7 Å². The van der Waals surface area contributed by atoms with Crippen molar-refractivity contribution in [1.29, 1.82) is 0 Å². The van der Waals surface area contributed by atoms with Crippen LogP contribution in [0.2, 0.25) is 0 Å². The van der Waals surface area contributed by atoms with Crippen LogP contribution >= 0.6 is 0 Å². The van der Waals surface area contributed by atoms with Gasteiger partial charge in [0.25, 0.3) is 5.91 Å². The van der Waals surface area contributed by atoms with Crippen molar-refractivity contribution in [2.45, 2.75) is 32.4 Å². The molecule has 1 N–H and O–H groups in total. The highest BCUT2D eigenvalue weighted by Gasteiger charge is 2.30. The van der Waals surface area contributed by atoms with Crippen LogP contribution in [-0.2, 0) is 22.6 Å². The second kappa shape index (κ2) is 8.90. The van der Waals surface area contributed by atoms with Crippen molar-refractivity contribution in [3.8, 4) is 0 Å². The second-order valence-corrected chi connectivity index (χ2v) is 7.55. The summed E-state index contributed by atoms with van der Waals surface area (Å²) >= 11 is 0. The predicted octanol–water partition coefficient (Wildman–Crippen LogP) is 2.54. The van der Waals surface area contributed by atoms with Crippen LogP contribution in [0.15, 0.2) is 48.5 Å². The summed E-state index contributed by atoms with van der Waals surface area (Å²) in [5.41, 5.74) is 3.78. The SMILES string of the molecule is CC(=O)N1CCc2ccccc2C1CC(=O)NCc1ccc(C(=O)N(C)C)cc1. The highest BCUT2D eigenvalue weighted by Crippen LogP contribution is 2.32. The second-order valence-electron chi connectivity index (χ2n) is 7.55. The molecule has 1 unspecified atom stereocenters. The van der Waals surface area contributed by atoms with Crippen LogP contribution < -0.4 is 5.32 Å². The zero-order valence-electron chi connectivity index (χ0n) is 17.1. The van der Waals surface area contributed by atoms with Crippen molar-refractivity contribution in [3.63, 3.8) is 0 Å². The van der Waals surface area contributed by atoms with E-state index in [-0.39, 0.29) is 30.2 Å². The first-order chi connectivity index (χ1) is 13.9. The maximum absolute atomic E-state index is 12.6. The van der Waals surface area contributed by atoms with E-state index in [1.165, 1.54) is 10.5 Å². The lowest BCUT2D eigenvalue weighted by Crippen LogP contribution is -2.41. The minimum absolute atomic E-state index is 0.0153. The Kier molecular flexibility index (Phi) is 6.32. The quantitative estimate of drug-likeness (QED) is 0.849. The van der Waals surface area contributed by atoms with Gasteiger partial charge in [0.15, 0.2) is 0 Å². The first kappa shape index (κ1) is 20.6. The molecule has 3 rings (SSSR count). The van der Waals surface area contributed by atoms with Gasteiger partial charge in [-0.2, -0.15) is 0 Å². The molecule has 0 saturated heterocycles. The maximum atomic E-state index is 12.6. The standard InChI is InChI=1S/C23H27N3O3/c1-16(27)26-13-12-18-6-4-5-7-20(18)21(26)14-22(28)24-15-17-8-10-19(11-9-17)23(29)25(2)3/h4-11,21H,12-15H2,1-3H3,(H,24,28). The van der Waals surface area contributed by atoms with Gasteiger partial charge in [-0.05, 0) is 35.2 Å². The number of carbonyl (C=O) groups excluding carboxylic acids is 3. The topological polar surface area (TPSA) is 69.7 Å². The molecule has 1 heterocycles. The van der Waals surface area contributed by atoms with Crippen LogP contribution in [0, 0.1) is 0 Å². The highest BCUT2D eigenvalue weighted by molar-refractivity contribution is 5.93. The van der Waals surface area contributed by atoms with E-state index < -0.39 is 0 Å². The molecular formula is C23H27N3O3. The number of amides is 3. The van der Waals surface area contributed by atoms with E-state index in [9.17, 15) is 14.4 Å². The van der Waals surface area contributed by atoms with Crippen molar-refractivity contribution in [2.24, 2.45) is 0 Å². The van der Waals surface area contributed by atoms with Crippen LogP contribution in [0.1, 0.15) is 46.4 Å². The number of carbonyl (C=O) groups is 3. The summed E-state index contributed by atoms with van der Waals surface area (Å²) in [6, 6.07) is 15.0. The molecule has 3 amide bonds. The van der Waals surface area contributed by atoms with E-state index in [4.69, 9.17) is 0 Å². The van der Waals surface area contributed by atoms with Crippen molar-refractivity contribution < 1.29 is 14.4 Å². The monoisotopic (exact) mass is 393 g/mol. The first-order valence-electron chi connectivity index (χ1n) is 9.79. The van der Waals surface area contributed by atoms with Crippen LogP contribution in [0.3, 0.4) is 0 Å². The number of nitrogens with one attached hydrogen (secondary N) is 1. The fraction of sp³-hybridized carbons (Fsp3) is 0.348. The normalized spacial score (nSPS) is 15.4. The van der Waals surface area contributed by atoms with Crippen LogP contribution in [0.4, 0.5) is 0 Å². The molecule has 0 aliphatic carbocycles.